The lowest BCUT2D eigenvalue weighted by atomic mass is 9.83. The molecule has 4 N–H and O–H groups in total. The van der Waals surface area contributed by atoms with Crippen molar-refractivity contribution in [1.82, 2.24) is 0 Å². The summed E-state index contributed by atoms with van der Waals surface area (Å²) in [7, 11) is 1.21. The molecule has 10 heteroatoms. The fourth-order valence-corrected chi connectivity index (χ4v) is 3.96. The van der Waals surface area contributed by atoms with E-state index < -0.39 is 61.4 Å². The monoisotopic (exact) mass is 388 g/mol. The highest BCUT2D eigenvalue weighted by Gasteiger charge is 2.54. The molecule has 3 rings (SSSR count). The first-order chi connectivity index (χ1) is 12.8. The summed E-state index contributed by atoms with van der Waals surface area (Å²) in [5.74, 6) is -2.28. The second-order valence-corrected chi connectivity index (χ2v) is 7.11. The topological polar surface area (TPSA) is 152 Å². The minimum atomic E-state index is -1.59. The van der Waals surface area contributed by atoms with Gasteiger partial charge in [-0.15, -0.1) is 0 Å². The van der Waals surface area contributed by atoms with Crippen LogP contribution in [0, 0.1) is 17.8 Å². The van der Waals surface area contributed by atoms with Crippen molar-refractivity contribution in [3.8, 4) is 0 Å². The summed E-state index contributed by atoms with van der Waals surface area (Å²) in [6.45, 7) is 1.22. The highest BCUT2D eigenvalue weighted by molar-refractivity contribution is 5.99. The van der Waals surface area contributed by atoms with Crippen LogP contribution in [0.5, 0.6) is 0 Å². The standard InChI is InChI=1S/C17H24O10/c1-6-3-8(19)11-7(15(23)24-2)5-25-16(10(6)11)27-17-14(22)13(21)12(20)9(4-18)26-17/h5-6,9-14,16-18,20-22H,3-4H2,1-2H3/t6-,9-,10-,11+,12-,13+,14-,16-,17+/m0/s1. The van der Waals surface area contributed by atoms with Crippen molar-refractivity contribution in [2.24, 2.45) is 17.8 Å². The van der Waals surface area contributed by atoms with E-state index in [9.17, 15) is 30.0 Å². The van der Waals surface area contributed by atoms with Crippen LogP contribution in [0.2, 0.25) is 0 Å². The largest absolute Gasteiger partial charge is 0.472 e. The molecule has 1 aliphatic carbocycles. The molecule has 1 saturated carbocycles. The van der Waals surface area contributed by atoms with Crippen LogP contribution >= 0.6 is 0 Å². The number of aliphatic hydroxyl groups is 4. The van der Waals surface area contributed by atoms with E-state index >= 15 is 0 Å². The Morgan fingerprint density at radius 3 is 2.56 bits per heavy atom. The number of carbonyl (C=O) groups excluding carboxylic acids is 2. The zero-order valence-corrected chi connectivity index (χ0v) is 14.9. The summed E-state index contributed by atoms with van der Waals surface area (Å²) in [6.07, 6.45) is -6.93. The van der Waals surface area contributed by atoms with Gasteiger partial charge >= 0.3 is 5.97 Å². The fraction of sp³-hybridized carbons (Fsp3) is 0.765. The van der Waals surface area contributed by atoms with E-state index in [2.05, 4.69) is 0 Å². The zero-order chi connectivity index (χ0) is 19.9. The van der Waals surface area contributed by atoms with Crippen LogP contribution in [0.15, 0.2) is 11.8 Å². The SMILES string of the molecule is COC(=O)C1=CO[C@@H](O[C@H]2O[C@@H](CO)[C@H](O)[C@@H](O)[C@@H]2O)[C@@H]2[C@H]1C(=O)C[C@@H]2C. The zero-order valence-electron chi connectivity index (χ0n) is 14.9. The molecule has 27 heavy (non-hydrogen) atoms. The van der Waals surface area contributed by atoms with Crippen LogP contribution in [-0.2, 0) is 28.5 Å². The lowest BCUT2D eigenvalue weighted by molar-refractivity contribution is -0.342. The highest BCUT2D eigenvalue weighted by atomic mass is 16.8. The lowest BCUT2D eigenvalue weighted by Crippen LogP contribution is -2.60. The first-order valence-electron chi connectivity index (χ1n) is 8.72. The summed E-state index contributed by atoms with van der Waals surface area (Å²) >= 11 is 0. The molecule has 3 aliphatic rings. The van der Waals surface area contributed by atoms with Crippen molar-refractivity contribution in [1.29, 1.82) is 0 Å². The maximum absolute atomic E-state index is 12.4. The number of hydrogen-bond acceptors (Lipinski definition) is 10. The third-order valence-electron chi connectivity index (χ3n) is 5.43. The van der Waals surface area contributed by atoms with E-state index in [4.69, 9.17) is 18.9 Å². The number of aliphatic hydroxyl groups excluding tert-OH is 4. The van der Waals surface area contributed by atoms with Gasteiger partial charge in [0.25, 0.3) is 0 Å². The Kier molecular flexibility index (Phi) is 5.84. The Morgan fingerprint density at radius 1 is 1.22 bits per heavy atom. The first-order valence-corrected chi connectivity index (χ1v) is 8.72. The molecule has 0 aromatic carbocycles. The molecule has 0 radical (unpaired) electrons. The Morgan fingerprint density at radius 2 is 1.93 bits per heavy atom. The molecule has 0 spiro atoms. The summed E-state index contributed by atoms with van der Waals surface area (Å²) in [5.41, 5.74) is 0.102. The van der Waals surface area contributed by atoms with Crippen molar-refractivity contribution in [2.45, 2.75) is 50.3 Å². The number of fused-ring (bicyclic) bond motifs is 1. The van der Waals surface area contributed by atoms with Crippen LogP contribution in [0.4, 0.5) is 0 Å². The number of rotatable bonds is 4. The van der Waals surface area contributed by atoms with Crippen molar-refractivity contribution in [3.05, 3.63) is 11.8 Å². The molecule has 0 aromatic rings. The van der Waals surface area contributed by atoms with E-state index in [0.29, 0.717) is 0 Å². The molecule has 9 atom stereocenters. The quantitative estimate of drug-likeness (QED) is 0.400. The maximum Gasteiger partial charge on any atom is 0.337 e. The Labute approximate surface area is 155 Å². The van der Waals surface area contributed by atoms with Crippen molar-refractivity contribution in [2.75, 3.05) is 13.7 Å². The molecule has 2 heterocycles. The van der Waals surface area contributed by atoms with Gasteiger partial charge in [0, 0.05) is 12.3 Å². The van der Waals surface area contributed by atoms with Gasteiger partial charge in [0.2, 0.25) is 6.29 Å². The number of ketones is 1. The molecule has 1 saturated heterocycles. The Balaban J connectivity index is 1.82. The average Bonchev–Trinajstić information content (AvgIpc) is 2.96. The average molecular weight is 388 g/mol. The minimum Gasteiger partial charge on any atom is -0.472 e. The number of Topliss-reactive ketones (excluding diaryl/α,β-unsaturated/α-hetero) is 1. The number of esters is 1. The highest BCUT2D eigenvalue weighted by Crippen LogP contribution is 2.45. The summed E-state index contributed by atoms with van der Waals surface area (Å²) in [4.78, 5) is 24.4. The predicted molar refractivity (Wildman–Crippen MR) is 85.6 cm³/mol. The summed E-state index contributed by atoms with van der Waals surface area (Å²) in [6, 6.07) is 0. The first kappa shape index (κ1) is 20.2. The molecule has 10 nitrogen and oxygen atoms in total. The molecule has 2 fully saturated rings. The van der Waals surface area contributed by atoms with Gasteiger partial charge in [-0.25, -0.2) is 4.79 Å². The van der Waals surface area contributed by atoms with Crippen LogP contribution in [0.25, 0.3) is 0 Å². The van der Waals surface area contributed by atoms with Gasteiger partial charge in [0.1, 0.15) is 30.2 Å². The molecular formula is C17H24O10. The van der Waals surface area contributed by atoms with Gasteiger partial charge in [-0.2, -0.15) is 0 Å². The summed E-state index contributed by atoms with van der Waals surface area (Å²) < 4.78 is 21.2. The van der Waals surface area contributed by atoms with E-state index in [1.807, 2.05) is 6.92 Å². The van der Waals surface area contributed by atoms with E-state index in [0.717, 1.165) is 6.26 Å². The number of carbonyl (C=O) groups is 2. The van der Waals surface area contributed by atoms with Crippen molar-refractivity contribution >= 4 is 11.8 Å². The molecule has 0 bridgehead atoms. The van der Waals surface area contributed by atoms with Gasteiger partial charge < -0.3 is 39.4 Å². The maximum atomic E-state index is 12.4. The number of ether oxygens (including phenoxy) is 4. The van der Waals surface area contributed by atoms with Gasteiger partial charge in [-0.1, -0.05) is 6.92 Å². The van der Waals surface area contributed by atoms with Gasteiger partial charge in [0.05, 0.1) is 31.5 Å². The Hall–Kier alpha value is -1.56. The van der Waals surface area contributed by atoms with Crippen LogP contribution < -0.4 is 0 Å². The van der Waals surface area contributed by atoms with E-state index in [-0.39, 0.29) is 23.7 Å². The molecule has 2 aliphatic heterocycles. The molecule has 0 amide bonds. The fourth-order valence-electron chi connectivity index (χ4n) is 3.96. The Bertz CT molecular complexity index is 617. The van der Waals surface area contributed by atoms with Gasteiger partial charge in [-0.05, 0) is 5.92 Å². The van der Waals surface area contributed by atoms with Crippen LogP contribution in [-0.4, -0.2) is 82.9 Å². The van der Waals surface area contributed by atoms with Crippen molar-refractivity contribution in [3.63, 3.8) is 0 Å². The van der Waals surface area contributed by atoms with E-state index in [1.54, 1.807) is 0 Å². The van der Waals surface area contributed by atoms with Crippen LogP contribution in [0.3, 0.4) is 0 Å². The van der Waals surface area contributed by atoms with Crippen LogP contribution in [0.1, 0.15) is 13.3 Å². The van der Waals surface area contributed by atoms with Gasteiger partial charge in [-0.3, -0.25) is 4.79 Å². The van der Waals surface area contributed by atoms with E-state index in [1.165, 1.54) is 7.11 Å². The lowest BCUT2D eigenvalue weighted by Gasteiger charge is -2.42. The van der Waals surface area contributed by atoms with Gasteiger partial charge in [0.15, 0.2) is 6.29 Å². The number of hydrogen-bond donors (Lipinski definition) is 4. The molecule has 0 aromatic heterocycles. The molecular weight excluding hydrogens is 364 g/mol. The number of methoxy groups -OCH3 is 1. The van der Waals surface area contributed by atoms with Crippen molar-refractivity contribution < 1.29 is 49.0 Å². The molecule has 0 unspecified atom stereocenters. The second kappa shape index (κ2) is 7.82. The molecule has 152 valence electrons. The smallest absolute Gasteiger partial charge is 0.337 e. The normalized spacial score (nSPS) is 44.3. The predicted octanol–water partition coefficient (Wildman–Crippen LogP) is -1.94. The third kappa shape index (κ3) is 3.48. The summed E-state index contributed by atoms with van der Waals surface area (Å²) in [5, 5.41) is 39.1. The minimum absolute atomic E-state index is 0.102. The second-order valence-electron chi connectivity index (χ2n) is 7.11. The third-order valence-corrected chi connectivity index (χ3v) is 5.43.